The van der Waals surface area contributed by atoms with Gasteiger partial charge in [0, 0.05) is 19.1 Å². The largest absolute Gasteiger partial charge is 0.316 e. The van der Waals surface area contributed by atoms with E-state index in [1.165, 1.54) is 0 Å². The van der Waals surface area contributed by atoms with Crippen molar-refractivity contribution in [1.82, 2.24) is 14.5 Å². The van der Waals surface area contributed by atoms with Crippen LogP contribution in [-0.2, 0) is 10.0 Å². The molecule has 5 nitrogen and oxygen atoms in total. The first kappa shape index (κ1) is 14.2. The van der Waals surface area contributed by atoms with Gasteiger partial charge in [0.15, 0.2) is 0 Å². The Morgan fingerprint density at radius 1 is 1.33 bits per heavy atom. The van der Waals surface area contributed by atoms with Crippen molar-refractivity contribution in [1.29, 1.82) is 0 Å². The summed E-state index contributed by atoms with van der Waals surface area (Å²) in [6.45, 7) is 3.23. The third kappa shape index (κ3) is 3.44. The standard InChI is InChI=1S/C12H25N3O2S/c1-14(2)12-5-7-15(9-12)18(16,17)10-11-4-3-6-13-8-11/h11-13H,3-10H2,1-2H3. The molecule has 6 heteroatoms. The van der Waals surface area contributed by atoms with Crippen molar-refractivity contribution in [3.63, 3.8) is 0 Å². The summed E-state index contributed by atoms with van der Waals surface area (Å²) in [5, 5.41) is 3.28. The van der Waals surface area contributed by atoms with Crippen LogP contribution in [0.2, 0.25) is 0 Å². The Bertz CT molecular complexity index is 364. The lowest BCUT2D eigenvalue weighted by atomic mass is 10.0. The minimum Gasteiger partial charge on any atom is -0.316 e. The van der Waals surface area contributed by atoms with Crippen molar-refractivity contribution in [2.75, 3.05) is 46.0 Å². The maximum Gasteiger partial charge on any atom is 0.214 e. The monoisotopic (exact) mass is 275 g/mol. The summed E-state index contributed by atoms with van der Waals surface area (Å²) < 4.78 is 26.4. The molecule has 0 bridgehead atoms. The van der Waals surface area contributed by atoms with E-state index in [2.05, 4.69) is 10.2 Å². The van der Waals surface area contributed by atoms with E-state index in [-0.39, 0.29) is 0 Å². The second-order valence-corrected chi connectivity index (χ2v) is 7.77. The third-order valence-corrected chi connectivity index (χ3v) is 6.11. The highest BCUT2D eigenvalue weighted by atomic mass is 32.2. The van der Waals surface area contributed by atoms with Crippen molar-refractivity contribution < 1.29 is 8.42 Å². The zero-order valence-electron chi connectivity index (χ0n) is 11.4. The third-order valence-electron chi connectivity index (χ3n) is 4.10. The quantitative estimate of drug-likeness (QED) is 0.782. The smallest absolute Gasteiger partial charge is 0.214 e. The van der Waals surface area contributed by atoms with E-state index < -0.39 is 10.0 Å². The van der Waals surface area contributed by atoms with Crippen LogP contribution in [0.4, 0.5) is 0 Å². The van der Waals surface area contributed by atoms with Crippen molar-refractivity contribution in [3.05, 3.63) is 0 Å². The number of likely N-dealkylation sites (N-methyl/N-ethyl adjacent to an activating group) is 1. The van der Waals surface area contributed by atoms with Crippen molar-refractivity contribution in [2.24, 2.45) is 5.92 Å². The molecular formula is C12H25N3O2S. The highest BCUT2D eigenvalue weighted by molar-refractivity contribution is 7.89. The van der Waals surface area contributed by atoms with Crippen molar-refractivity contribution in [2.45, 2.75) is 25.3 Å². The average Bonchev–Trinajstić information content (AvgIpc) is 2.79. The van der Waals surface area contributed by atoms with Gasteiger partial charge in [0.1, 0.15) is 0 Å². The van der Waals surface area contributed by atoms with Gasteiger partial charge in [-0.1, -0.05) is 0 Å². The fourth-order valence-electron chi connectivity index (χ4n) is 2.85. The summed E-state index contributed by atoms with van der Waals surface area (Å²) in [6, 6.07) is 0.379. The molecule has 0 aliphatic carbocycles. The van der Waals surface area contributed by atoms with Gasteiger partial charge in [0.2, 0.25) is 10.0 Å². The Balaban J connectivity index is 1.90. The van der Waals surface area contributed by atoms with Gasteiger partial charge >= 0.3 is 0 Å². The molecule has 106 valence electrons. The van der Waals surface area contributed by atoms with Crippen molar-refractivity contribution in [3.8, 4) is 0 Å². The molecule has 1 N–H and O–H groups in total. The second kappa shape index (κ2) is 5.86. The molecule has 0 aromatic carbocycles. The lowest BCUT2D eigenvalue weighted by molar-refractivity contribution is 0.301. The van der Waals surface area contributed by atoms with Gasteiger partial charge in [-0.25, -0.2) is 12.7 Å². The average molecular weight is 275 g/mol. The molecule has 2 atom stereocenters. The van der Waals surface area contributed by atoms with E-state index in [1.807, 2.05) is 14.1 Å². The normalized spacial score (nSPS) is 31.1. The molecule has 0 aromatic rings. The molecule has 2 unspecified atom stereocenters. The van der Waals surface area contributed by atoms with Crippen LogP contribution in [0.25, 0.3) is 0 Å². The number of rotatable bonds is 4. The minimum absolute atomic E-state index is 0.294. The van der Waals surface area contributed by atoms with Crippen LogP contribution in [0, 0.1) is 5.92 Å². The highest BCUT2D eigenvalue weighted by Gasteiger charge is 2.33. The number of nitrogens with one attached hydrogen (secondary N) is 1. The van der Waals surface area contributed by atoms with Crippen LogP contribution in [0.3, 0.4) is 0 Å². The molecule has 2 heterocycles. The van der Waals surface area contributed by atoms with Crippen LogP contribution < -0.4 is 5.32 Å². The maximum atomic E-state index is 12.3. The number of hydrogen-bond acceptors (Lipinski definition) is 4. The van der Waals surface area contributed by atoms with Crippen molar-refractivity contribution >= 4 is 10.0 Å². The minimum atomic E-state index is -3.06. The Labute approximate surface area is 111 Å². The molecule has 2 aliphatic rings. The summed E-state index contributed by atoms with van der Waals surface area (Å²) in [6.07, 6.45) is 3.09. The number of nitrogens with zero attached hydrogens (tertiary/aromatic N) is 2. The van der Waals surface area contributed by atoms with E-state index in [0.29, 0.717) is 30.8 Å². The van der Waals surface area contributed by atoms with Crippen LogP contribution in [0.1, 0.15) is 19.3 Å². The van der Waals surface area contributed by atoms with Crippen LogP contribution in [0.5, 0.6) is 0 Å². The first-order chi connectivity index (χ1) is 8.49. The zero-order valence-corrected chi connectivity index (χ0v) is 12.2. The summed E-state index contributed by atoms with van der Waals surface area (Å²) in [5.41, 5.74) is 0. The number of sulfonamides is 1. The first-order valence-corrected chi connectivity index (χ1v) is 8.45. The molecular weight excluding hydrogens is 250 g/mol. The van der Waals surface area contributed by atoms with E-state index in [4.69, 9.17) is 0 Å². The summed E-state index contributed by atoms with van der Waals surface area (Å²) in [5.74, 6) is 0.613. The van der Waals surface area contributed by atoms with Gasteiger partial charge in [-0.05, 0) is 52.4 Å². The summed E-state index contributed by atoms with van der Waals surface area (Å²) in [7, 11) is 0.980. The molecule has 18 heavy (non-hydrogen) atoms. The van der Waals surface area contributed by atoms with Gasteiger partial charge in [0.25, 0.3) is 0 Å². The molecule has 2 aliphatic heterocycles. The lowest BCUT2D eigenvalue weighted by Gasteiger charge is -2.25. The molecule has 0 amide bonds. The summed E-state index contributed by atoms with van der Waals surface area (Å²) >= 11 is 0. The molecule has 2 saturated heterocycles. The Kier molecular flexibility index (Phi) is 4.64. The molecule has 0 saturated carbocycles. The van der Waals surface area contributed by atoms with Crippen LogP contribution >= 0.6 is 0 Å². The van der Waals surface area contributed by atoms with E-state index >= 15 is 0 Å². The Morgan fingerprint density at radius 3 is 2.67 bits per heavy atom. The predicted octanol–water partition coefficient (Wildman–Crippen LogP) is -0.0483. The van der Waals surface area contributed by atoms with Gasteiger partial charge in [-0.15, -0.1) is 0 Å². The molecule has 0 radical (unpaired) electrons. The SMILES string of the molecule is CN(C)C1CCN(S(=O)(=O)CC2CCCNC2)C1. The van der Waals surface area contributed by atoms with Crippen LogP contribution in [0.15, 0.2) is 0 Å². The molecule has 0 spiro atoms. The van der Waals surface area contributed by atoms with E-state index in [1.54, 1.807) is 4.31 Å². The maximum absolute atomic E-state index is 12.3. The van der Waals surface area contributed by atoms with E-state index in [0.717, 1.165) is 32.4 Å². The number of hydrogen-bond donors (Lipinski definition) is 1. The Hall–Kier alpha value is -0.170. The highest BCUT2D eigenvalue weighted by Crippen LogP contribution is 2.20. The zero-order chi connectivity index (χ0) is 13.2. The molecule has 2 rings (SSSR count). The Morgan fingerprint density at radius 2 is 2.11 bits per heavy atom. The second-order valence-electron chi connectivity index (χ2n) is 5.76. The van der Waals surface area contributed by atoms with Crippen LogP contribution in [-0.4, -0.2) is 69.7 Å². The molecule has 0 aromatic heterocycles. The van der Waals surface area contributed by atoms with Gasteiger partial charge in [0.05, 0.1) is 5.75 Å². The molecule has 2 fully saturated rings. The number of piperidine rings is 1. The topological polar surface area (TPSA) is 52.7 Å². The van der Waals surface area contributed by atoms with Gasteiger partial charge in [-0.3, -0.25) is 0 Å². The fourth-order valence-corrected chi connectivity index (χ4v) is 4.73. The fraction of sp³-hybridized carbons (Fsp3) is 1.00. The summed E-state index contributed by atoms with van der Waals surface area (Å²) in [4.78, 5) is 2.12. The predicted molar refractivity (Wildman–Crippen MR) is 73.0 cm³/mol. The van der Waals surface area contributed by atoms with E-state index in [9.17, 15) is 8.42 Å². The first-order valence-electron chi connectivity index (χ1n) is 6.84. The van der Waals surface area contributed by atoms with Gasteiger partial charge < -0.3 is 10.2 Å². The lowest BCUT2D eigenvalue weighted by Crippen LogP contribution is -2.40. The van der Waals surface area contributed by atoms with Gasteiger partial charge in [-0.2, -0.15) is 0 Å².